The molecular formula is C28H39N7O3. The summed E-state index contributed by atoms with van der Waals surface area (Å²) < 4.78 is 1.75. The summed E-state index contributed by atoms with van der Waals surface area (Å²) in [7, 11) is 1.85. The van der Waals surface area contributed by atoms with Crippen molar-refractivity contribution in [2.24, 2.45) is 7.05 Å². The number of amides is 1. The monoisotopic (exact) mass is 521 g/mol. The summed E-state index contributed by atoms with van der Waals surface area (Å²) in [6.45, 7) is 5.10. The first-order valence-corrected chi connectivity index (χ1v) is 13.5. The maximum Gasteiger partial charge on any atom is 0.326 e. The van der Waals surface area contributed by atoms with Gasteiger partial charge in [0.05, 0.1) is 5.52 Å². The molecule has 0 spiro atoms. The number of para-hydroxylation sites is 1. The number of hydrogen-bond donors (Lipinski definition) is 4. The molecule has 2 aromatic heterocycles. The Bertz CT molecular complexity index is 1240. The van der Waals surface area contributed by atoms with E-state index >= 15 is 0 Å². The van der Waals surface area contributed by atoms with Crippen molar-refractivity contribution in [3.63, 3.8) is 0 Å². The number of carboxylic acid groups (broad SMARTS) is 1. The summed E-state index contributed by atoms with van der Waals surface area (Å²) >= 11 is 0. The number of fused-ring (bicyclic) bond motifs is 2. The molecule has 38 heavy (non-hydrogen) atoms. The summed E-state index contributed by atoms with van der Waals surface area (Å²) in [6, 6.07) is 11.3. The van der Waals surface area contributed by atoms with Gasteiger partial charge >= 0.3 is 5.97 Å². The van der Waals surface area contributed by atoms with E-state index in [1.54, 1.807) is 4.68 Å². The van der Waals surface area contributed by atoms with Gasteiger partial charge in [-0.3, -0.25) is 9.48 Å². The van der Waals surface area contributed by atoms with Crippen LogP contribution < -0.4 is 16.0 Å². The van der Waals surface area contributed by atoms with Gasteiger partial charge in [-0.05, 0) is 68.8 Å². The average molecular weight is 522 g/mol. The van der Waals surface area contributed by atoms with Crippen LogP contribution in [0, 0.1) is 0 Å². The zero-order valence-electron chi connectivity index (χ0n) is 22.4. The van der Waals surface area contributed by atoms with E-state index in [2.05, 4.69) is 38.1 Å². The van der Waals surface area contributed by atoms with Gasteiger partial charge in [-0.15, -0.1) is 0 Å². The molecular weight excluding hydrogens is 482 g/mol. The first-order chi connectivity index (χ1) is 18.4. The van der Waals surface area contributed by atoms with Crippen molar-refractivity contribution in [3.8, 4) is 0 Å². The summed E-state index contributed by atoms with van der Waals surface area (Å²) in [5.41, 5.74) is 3.34. The second-order valence-electron chi connectivity index (χ2n) is 9.94. The third-order valence-corrected chi connectivity index (χ3v) is 7.01. The molecule has 0 fully saturated rings. The number of aliphatic carboxylic acids is 1. The average Bonchev–Trinajstić information content (AvgIpc) is 3.23. The number of aryl methyl sites for hydroxylation is 3. The number of rotatable bonds is 14. The second kappa shape index (κ2) is 13.2. The van der Waals surface area contributed by atoms with Crippen molar-refractivity contribution in [3.05, 3.63) is 47.7 Å². The van der Waals surface area contributed by atoms with Crippen LogP contribution >= 0.6 is 0 Å². The van der Waals surface area contributed by atoms with Crippen molar-refractivity contribution < 1.29 is 14.7 Å². The summed E-state index contributed by atoms with van der Waals surface area (Å²) in [6.07, 6.45) is 5.50. The zero-order chi connectivity index (χ0) is 26.9. The molecule has 4 rings (SSSR count). The molecule has 3 aromatic rings. The van der Waals surface area contributed by atoms with Crippen molar-refractivity contribution >= 4 is 34.4 Å². The molecule has 0 bridgehead atoms. The molecule has 0 radical (unpaired) electrons. The van der Waals surface area contributed by atoms with E-state index < -0.39 is 12.0 Å². The lowest BCUT2D eigenvalue weighted by Crippen LogP contribution is -2.39. The van der Waals surface area contributed by atoms with Crippen LogP contribution in [0.25, 0.3) is 10.9 Å². The van der Waals surface area contributed by atoms with Gasteiger partial charge in [-0.1, -0.05) is 18.2 Å². The molecule has 1 atom stereocenters. The lowest BCUT2D eigenvalue weighted by Gasteiger charge is -2.24. The zero-order valence-corrected chi connectivity index (χ0v) is 22.4. The van der Waals surface area contributed by atoms with Crippen molar-refractivity contribution in [1.29, 1.82) is 0 Å². The number of nitrogens with one attached hydrogen (secondary N) is 3. The normalized spacial score (nSPS) is 13.7. The van der Waals surface area contributed by atoms with Gasteiger partial charge in [0.15, 0.2) is 5.82 Å². The van der Waals surface area contributed by atoms with Gasteiger partial charge in [-0.25, -0.2) is 9.78 Å². The fourth-order valence-corrected chi connectivity index (χ4v) is 4.93. The van der Waals surface area contributed by atoms with Crippen LogP contribution in [0.3, 0.4) is 0 Å². The third-order valence-electron chi connectivity index (χ3n) is 7.01. The number of aromatic nitrogens is 3. The number of carbonyl (C=O) groups excluding carboxylic acids is 1. The van der Waals surface area contributed by atoms with Crippen LogP contribution in [0.15, 0.2) is 36.4 Å². The standard InChI is InChI=1S/C28H39N7O3/c1-20(36)29-16-19-35(17-6-5-9-22-13-12-21-8-7-15-30-26(21)31-22)18-14-24(28(37)38)32-27-23-10-3-4-11-25(23)34(2)33-27/h3-4,10-13,24H,5-9,14-19H2,1-2H3,(H,29,36)(H,30,31)(H,32,33)(H,37,38). The molecule has 1 unspecified atom stereocenters. The molecule has 4 N–H and O–H groups in total. The number of pyridine rings is 1. The Morgan fingerprint density at radius 3 is 2.82 bits per heavy atom. The van der Waals surface area contributed by atoms with E-state index in [1.165, 1.54) is 12.5 Å². The number of unbranched alkanes of at least 4 members (excludes halogenated alkanes) is 1. The lowest BCUT2D eigenvalue weighted by molar-refractivity contribution is -0.138. The van der Waals surface area contributed by atoms with Crippen LogP contribution in [0.2, 0.25) is 0 Å². The van der Waals surface area contributed by atoms with E-state index in [1.807, 2.05) is 31.3 Å². The van der Waals surface area contributed by atoms with Gasteiger partial charge < -0.3 is 26.0 Å². The minimum atomic E-state index is -0.909. The van der Waals surface area contributed by atoms with E-state index in [0.717, 1.165) is 67.6 Å². The fourth-order valence-electron chi connectivity index (χ4n) is 4.93. The van der Waals surface area contributed by atoms with E-state index in [0.29, 0.717) is 31.9 Å². The van der Waals surface area contributed by atoms with Crippen LogP contribution in [-0.4, -0.2) is 75.4 Å². The Balaban J connectivity index is 1.31. The van der Waals surface area contributed by atoms with Gasteiger partial charge in [-0.2, -0.15) is 5.10 Å². The number of anilines is 2. The fraction of sp³-hybridized carbons (Fsp3) is 0.500. The van der Waals surface area contributed by atoms with E-state index in [-0.39, 0.29) is 5.91 Å². The minimum absolute atomic E-state index is 0.0656. The molecule has 0 saturated carbocycles. The van der Waals surface area contributed by atoms with Crippen molar-refractivity contribution in [2.75, 3.05) is 43.4 Å². The SMILES string of the molecule is CC(=O)NCCN(CCCCc1ccc2c(n1)NCCC2)CCC(Nc1nn(C)c2ccccc12)C(=O)O. The number of carboxylic acids is 1. The summed E-state index contributed by atoms with van der Waals surface area (Å²) in [4.78, 5) is 30.5. The van der Waals surface area contributed by atoms with Crippen LogP contribution in [0.1, 0.15) is 43.9 Å². The molecule has 0 aliphatic carbocycles. The predicted octanol–water partition coefficient (Wildman–Crippen LogP) is 3.04. The van der Waals surface area contributed by atoms with Crippen molar-refractivity contribution in [1.82, 2.24) is 25.0 Å². The quantitative estimate of drug-likeness (QED) is 0.239. The van der Waals surface area contributed by atoms with Crippen LogP contribution in [-0.2, 0) is 29.5 Å². The summed E-state index contributed by atoms with van der Waals surface area (Å²) in [5, 5.41) is 24.7. The predicted molar refractivity (Wildman–Crippen MR) is 149 cm³/mol. The second-order valence-corrected chi connectivity index (χ2v) is 9.94. The largest absolute Gasteiger partial charge is 0.480 e. The Kier molecular flexibility index (Phi) is 9.53. The van der Waals surface area contributed by atoms with E-state index in [9.17, 15) is 14.7 Å². The number of nitrogens with zero attached hydrogens (tertiary/aromatic N) is 4. The maximum absolute atomic E-state index is 12.1. The molecule has 10 nitrogen and oxygen atoms in total. The highest BCUT2D eigenvalue weighted by Gasteiger charge is 2.21. The molecule has 1 aliphatic rings. The summed E-state index contributed by atoms with van der Waals surface area (Å²) in [5.74, 6) is 0.628. The lowest BCUT2D eigenvalue weighted by atomic mass is 10.1. The van der Waals surface area contributed by atoms with Crippen LogP contribution in [0.4, 0.5) is 11.6 Å². The third kappa shape index (κ3) is 7.44. The van der Waals surface area contributed by atoms with Gasteiger partial charge in [0.2, 0.25) is 5.91 Å². The first-order valence-electron chi connectivity index (χ1n) is 13.5. The van der Waals surface area contributed by atoms with Crippen molar-refractivity contribution in [2.45, 2.75) is 51.5 Å². The highest BCUT2D eigenvalue weighted by atomic mass is 16.4. The Labute approximate surface area is 223 Å². The number of hydrogen-bond acceptors (Lipinski definition) is 7. The number of benzene rings is 1. The Morgan fingerprint density at radius 2 is 2.00 bits per heavy atom. The Hall–Kier alpha value is -3.66. The molecule has 0 saturated heterocycles. The smallest absolute Gasteiger partial charge is 0.326 e. The minimum Gasteiger partial charge on any atom is -0.480 e. The van der Waals surface area contributed by atoms with Gasteiger partial charge in [0.25, 0.3) is 0 Å². The van der Waals surface area contributed by atoms with E-state index in [4.69, 9.17) is 4.98 Å². The molecule has 1 amide bonds. The molecule has 1 aliphatic heterocycles. The first kappa shape index (κ1) is 27.4. The maximum atomic E-state index is 12.1. The van der Waals surface area contributed by atoms with Gasteiger partial charge in [0, 0.05) is 51.2 Å². The van der Waals surface area contributed by atoms with Crippen LogP contribution in [0.5, 0.6) is 0 Å². The Morgan fingerprint density at radius 1 is 1.16 bits per heavy atom. The highest BCUT2D eigenvalue weighted by molar-refractivity contribution is 5.91. The molecule has 204 valence electrons. The highest BCUT2D eigenvalue weighted by Crippen LogP contribution is 2.23. The number of carbonyl (C=O) groups is 2. The molecule has 10 heteroatoms. The molecule has 1 aromatic carbocycles. The topological polar surface area (TPSA) is 124 Å². The van der Waals surface area contributed by atoms with Gasteiger partial charge in [0.1, 0.15) is 11.9 Å². The molecule has 3 heterocycles.